The van der Waals surface area contributed by atoms with Gasteiger partial charge >= 0.3 is 5.97 Å². The predicted octanol–water partition coefficient (Wildman–Crippen LogP) is 0.407. The van der Waals surface area contributed by atoms with Crippen molar-refractivity contribution < 1.29 is 54.6 Å². The number of ketones is 2. The number of hydrogen-bond donors (Lipinski definition) is 8. The average molecular weight is 719 g/mol. The summed E-state index contributed by atoms with van der Waals surface area (Å²) in [7, 11) is 2.87. The van der Waals surface area contributed by atoms with Gasteiger partial charge in [0.15, 0.2) is 17.1 Å². The van der Waals surface area contributed by atoms with E-state index >= 15 is 0 Å². The summed E-state index contributed by atoms with van der Waals surface area (Å²) < 4.78 is 0. The highest BCUT2D eigenvalue weighted by Crippen LogP contribution is 2.56. The van der Waals surface area contributed by atoms with Gasteiger partial charge in [0.05, 0.1) is 35.7 Å². The molecule has 3 aliphatic carbocycles. The molecular formula is C26H29Br2N3O11. The van der Waals surface area contributed by atoms with Gasteiger partial charge in [0.25, 0.3) is 5.91 Å². The Hall–Kier alpha value is -3.31. The number of phenols is 1. The third-order valence-corrected chi connectivity index (χ3v) is 8.77. The van der Waals surface area contributed by atoms with Gasteiger partial charge in [0.1, 0.15) is 21.9 Å². The molecule has 0 aliphatic heterocycles. The first kappa shape index (κ1) is 33.2. The topological polar surface area (TPSA) is 248 Å². The number of carbonyl (C=O) groups excluding carboxylic acids is 4. The number of phenolic OH excluding ortho intramolecular Hbond substituents is 1. The standard InChI is InChI=1S/C26H28BrN3O11.BrH/c1-7-8-4-5-10(29-25(40)9(27)6-11(31)32)18(33)13(8)19(34)14-12(7)20(35)16-17(30(2)3)21(36)15(24(28)39)23(38)26(16,41)22(14)37;/h4-5,7,9,12,16-17,20,33,35-37,41H,6H2,1-3H3,(H2,28,39)(H,29,40)(H,31,32);1H/t7?,9?,12?,16?,17-,20?,26-;/m0./s1. The summed E-state index contributed by atoms with van der Waals surface area (Å²) in [4.78, 5) is 62.9. The average Bonchev–Trinajstić information content (AvgIpc) is 2.86. The van der Waals surface area contributed by atoms with Gasteiger partial charge in [0, 0.05) is 11.5 Å². The number of benzene rings is 1. The number of Topliss-reactive ketones (excluding diaryl/α,β-unsaturated/α-hetero) is 2. The maximum atomic E-state index is 13.8. The van der Waals surface area contributed by atoms with Crippen LogP contribution in [0, 0.1) is 11.8 Å². The molecule has 2 amide bonds. The van der Waals surface area contributed by atoms with Crippen LogP contribution in [0.2, 0.25) is 0 Å². The predicted molar refractivity (Wildman–Crippen MR) is 154 cm³/mol. The first-order valence-electron chi connectivity index (χ1n) is 12.3. The number of nitrogens with two attached hydrogens (primary N) is 1. The summed E-state index contributed by atoms with van der Waals surface area (Å²) in [5, 5.41) is 67.8. The molecule has 0 bridgehead atoms. The minimum atomic E-state index is -3.05. The second-order valence-corrected chi connectivity index (χ2v) is 11.6. The van der Waals surface area contributed by atoms with Gasteiger partial charge in [-0.05, 0) is 31.6 Å². The molecule has 7 atom stereocenters. The molecule has 0 radical (unpaired) electrons. The fourth-order valence-corrected chi connectivity index (χ4v) is 6.57. The number of carboxylic acids is 1. The molecule has 0 spiro atoms. The van der Waals surface area contributed by atoms with Gasteiger partial charge in [-0.15, -0.1) is 17.0 Å². The van der Waals surface area contributed by atoms with E-state index < -0.39 is 110 Å². The number of alkyl halides is 1. The Labute approximate surface area is 257 Å². The van der Waals surface area contributed by atoms with E-state index in [4.69, 9.17) is 10.8 Å². The Morgan fingerprint density at radius 1 is 1.17 bits per heavy atom. The van der Waals surface area contributed by atoms with Crippen molar-refractivity contribution in [3.63, 3.8) is 0 Å². The third-order valence-electron chi connectivity index (χ3n) is 8.03. The van der Waals surface area contributed by atoms with E-state index in [1.165, 1.54) is 31.1 Å². The number of carbonyl (C=O) groups is 5. The lowest BCUT2D eigenvalue weighted by Gasteiger charge is -2.53. The highest BCUT2D eigenvalue weighted by molar-refractivity contribution is 9.10. The molecule has 0 fully saturated rings. The number of carboxylic acid groups (broad SMARTS) is 1. The molecule has 1 aromatic rings. The Bertz CT molecular complexity index is 1470. The van der Waals surface area contributed by atoms with E-state index in [9.17, 15) is 49.5 Å². The van der Waals surface area contributed by atoms with Crippen molar-refractivity contribution in [3.05, 3.63) is 45.9 Å². The number of likely N-dealkylation sites (N-methyl/N-ethyl adjacent to an activating group) is 1. The zero-order chi connectivity index (χ0) is 30.9. The number of nitrogens with zero attached hydrogens (tertiary/aromatic N) is 1. The molecule has 4 rings (SSSR count). The normalized spacial score (nSPS) is 29.3. The lowest BCUT2D eigenvalue weighted by atomic mass is 9.55. The van der Waals surface area contributed by atoms with Crippen LogP contribution >= 0.6 is 32.9 Å². The third kappa shape index (κ3) is 4.70. The Morgan fingerprint density at radius 2 is 1.76 bits per heavy atom. The molecule has 3 aliphatic rings. The van der Waals surface area contributed by atoms with Crippen molar-refractivity contribution >= 4 is 67.9 Å². The minimum absolute atomic E-state index is 0. The van der Waals surface area contributed by atoms with Crippen molar-refractivity contribution in [2.75, 3.05) is 19.4 Å². The van der Waals surface area contributed by atoms with Gasteiger partial charge < -0.3 is 41.7 Å². The quantitative estimate of drug-likeness (QED) is 0.113. The van der Waals surface area contributed by atoms with Crippen LogP contribution in [0.3, 0.4) is 0 Å². The number of halogens is 2. The van der Waals surface area contributed by atoms with Gasteiger partial charge in [-0.25, -0.2) is 0 Å². The largest absolute Gasteiger partial charge is 0.510 e. The van der Waals surface area contributed by atoms with Crippen LogP contribution in [0.4, 0.5) is 5.69 Å². The monoisotopic (exact) mass is 717 g/mol. The van der Waals surface area contributed by atoms with Crippen molar-refractivity contribution in [3.8, 4) is 5.75 Å². The van der Waals surface area contributed by atoms with Crippen LogP contribution in [0.1, 0.15) is 35.2 Å². The van der Waals surface area contributed by atoms with E-state index in [0.29, 0.717) is 0 Å². The summed E-state index contributed by atoms with van der Waals surface area (Å²) in [5.74, 6) is -12.5. The van der Waals surface area contributed by atoms with E-state index in [0.717, 1.165) is 0 Å². The summed E-state index contributed by atoms with van der Waals surface area (Å²) in [5.41, 5.74) is 0.194. The molecule has 228 valence electrons. The maximum Gasteiger partial charge on any atom is 0.305 e. The molecule has 14 nitrogen and oxygen atoms in total. The Balaban J connectivity index is 0.00000484. The highest BCUT2D eigenvalue weighted by Gasteiger charge is 2.67. The number of anilines is 1. The number of aliphatic carboxylic acids is 1. The number of nitrogens with one attached hydrogen (secondary N) is 1. The highest BCUT2D eigenvalue weighted by atomic mass is 79.9. The van der Waals surface area contributed by atoms with Crippen molar-refractivity contribution in [2.24, 2.45) is 17.6 Å². The molecule has 16 heteroatoms. The van der Waals surface area contributed by atoms with Crippen LogP contribution in [-0.4, -0.2) is 102 Å². The van der Waals surface area contributed by atoms with E-state index in [1.54, 1.807) is 6.92 Å². The second-order valence-electron chi connectivity index (χ2n) is 10.5. The number of primary amides is 1. The van der Waals surface area contributed by atoms with Crippen LogP contribution < -0.4 is 11.1 Å². The summed E-state index contributed by atoms with van der Waals surface area (Å²) in [6, 6.07) is 1.29. The zero-order valence-corrected chi connectivity index (χ0v) is 25.7. The first-order valence-corrected chi connectivity index (χ1v) is 13.2. The maximum absolute atomic E-state index is 13.8. The number of amides is 2. The zero-order valence-electron chi connectivity index (χ0n) is 22.4. The summed E-state index contributed by atoms with van der Waals surface area (Å²) >= 11 is 2.93. The van der Waals surface area contributed by atoms with Crippen LogP contribution in [0.15, 0.2) is 34.8 Å². The van der Waals surface area contributed by atoms with Crippen LogP contribution in [-0.2, 0) is 19.2 Å². The van der Waals surface area contributed by atoms with E-state index in [2.05, 4.69) is 21.2 Å². The van der Waals surface area contributed by atoms with Crippen molar-refractivity contribution in [1.29, 1.82) is 0 Å². The van der Waals surface area contributed by atoms with Crippen LogP contribution in [0.25, 0.3) is 0 Å². The Kier molecular flexibility index (Phi) is 9.02. The van der Waals surface area contributed by atoms with E-state index in [-0.39, 0.29) is 28.2 Å². The van der Waals surface area contributed by atoms with Crippen molar-refractivity contribution in [1.82, 2.24) is 4.90 Å². The first-order chi connectivity index (χ1) is 19.0. The van der Waals surface area contributed by atoms with Gasteiger partial charge in [-0.1, -0.05) is 28.9 Å². The van der Waals surface area contributed by atoms with Crippen molar-refractivity contribution in [2.45, 2.75) is 41.8 Å². The lowest BCUT2D eigenvalue weighted by molar-refractivity contribution is -0.162. The number of hydrogen-bond acceptors (Lipinski definition) is 11. The summed E-state index contributed by atoms with van der Waals surface area (Å²) in [6.07, 6.45) is -2.31. The fourth-order valence-electron chi connectivity index (χ4n) is 6.18. The number of fused-ring (bicyclic) bond motifs is 3. The minimum Gasteiger partial charge on any atom is -0.510 e. The Morgan fingerprint density at radius 3 is 2.29 bits per heavy atom. The van der Waals surface area contributed by atoms with Crippen LogP contribution in [0.5, 0.6) is 5.75 Å². The number of aliphatic hydroxyl groups is 4. The van der Waals surface area contributed by atoms with Gasteiger partial charge in [-0.3, -0.25) is 28.9 Å². The summed E-state index contributed by atoms with van der Waals surface area (Å²) in [6.45, 7) is 1.57. The van der Waals surface area contributed by atoms with Gasteiger partial charge in [-0.2, -0.15) is 0 Å². The molecule has 9 N–H and O–H groups in total. The van der Waals surface area contributed by atoms with Gasteiger partial charge in [0.2, 0.25) is 11.7 Å². The SMILES string of the molecule is Br.CC1c2ccc(NC(=O)C(Br)CC(=O)O)c(O)c2C(=O)C2=C(O)[C@]3(O)C(=O)C(C(N)=O)=C(O)[C@@H](N(C)C)C3C(O)C21. The molecule has 1 aromatic carbocycles. The number of aromatic hydroxyl groups is 1. The molecule has 0 heterocycles. The smallest absolute Gasteiger partial charge is 0.305 e. The fraction of sp³-hybridized carbons (Fsp3) is 0.423. The number of aliphatic hydroxyl groups excluding tert-OH is 3. The van der Waals surface area contributed by atoms with E-state index in [1.807, 2.05) is 0 Å². The second kappa shape index (κ2) is 11.4. The number of rotatable bonds is 6. The molecular weight excluding hydrogens is 690 g/mol. The molecule has 0 saturated heterocycles. The molecule has 0 aromatic heterocycles. The molecule has 5 unspecified atom stereocenters. The molecule has 42 heavy (non-hydrogen) atoms. The lowest BCUT2D eigenvalue weighted by Crippen LogP contribution is -2.68. The molecule has 0 saturated carbocycles.